The number of benzene rings is 1. The van der Waals surface area contributed by atoms with Crippen molar-refractivity contribution >= 4 is 29.3 Å². The van der Waals surface area contributed by atoms with E-state index in [4.69, 9.17) is 21.1 Å². The first-order chi connectivity index (χ1) is 12.0. The van der Waals surface area contributed by atoms with Gasteiger partial charge in [-0.25, -0.2) is 0 Å². The van der Waals surface area contributed by atoms with Crippen LogP contribution in [0.4, 0.5) is 0 Å². The molecule has 3 heterocycles. The Labute approximate surface area is 149 Å². The van der Waals surface area contributed by atoms with Crippen LogP contribution in [0.25, 0.3) is 0 Å². The summed E-state index contributed by atoms with van der Waals surface area (Å²) in [6.07, 6.45) is 1.15. The molecule has 25 heavy (non-hydrogen) atoms. The molecule has 0 saturated carbocycles. The van der Waals surface area contributed by atoms with Gasteiger partial charge in [-0.15, -0.1) is 0 Å². The van der Waals surface area contributed by atoms with Crippen molar-refractivity contribution in [1.82, 2.24) is 10.4 Å². The zero-order chi connectivity index (χ0) is 17.7. The number of aryl methyl sites for hydroxylation is 1. The minimum Gasteiger partial charge on any atom is -0.484 e. The molecule has 3 aliphatic heterocycles. The maximum absolute atomic E-state index is 12.4. The minimum absolute atomic E-state index is 0.207. The van der Waals surface area contributed by atoms with Gasteiger partial charge in [0, 0.05) is 5.02 Å². The zero-order valence-corrected chi connectivity index (χ0v) is 14.3. The molecule has 132 valence electrons. The lowest BCUT2D eigenvalue weighted by molar-refractivity contribution is -0.151. The summed E-state index contributed by atoms with van der Waals surface area (Å²) in [5.74, 6) is -1.80. The summed E-state index contributed by atoms with van der Waals surface area (Å²) in [6.45, 7) is 1.52. The van der Waals surface area contributed by atoms with Crippen molar-refractivity contribution < 1.29 is 23.9 Å². The highest BCUT2D eigenvalue weighted by Gasteiger charge is 2.62. The van der Waals surface area contributed by atoms with E-state index in [0.29, 0.717) is 10.8 Å². The number of rotatable bonds is 4. The van der Waals surface area contributed by atoms with Crippen molar-refractivity contribution in [3.63, 3.8) is 0 Å². The zero-order valence-electron chi connectivity index (χ0n) is 13.5. The van der Waals surface area contributed by atoms with Crippen molar-refractivity contribution in [2.24, 2.45) is 11.8 Å². The van der Waals surface area contributed by atoms with Gasteiger partial charge in [-0.3, -0.25) is 19.8 Å². The first kappa shape index (κ1) is 16.4. The highest BCUT2D eigenvalue weighted by molar-refractivity contribution is 6.31. The summed E-state index contributed by atoms with van der Waals surface area (Å²) < 4.78 is 11.0. The van der Waals surface area contributed by atoms with Gasteiger partial charge in [0.2, 0.25) is 0 Å². The van der Waals surface area contributed by atoms with Gasteiger partial charge in [-0.05, 0) is 43.5 Å². The second-order valence-corrected chi connectivity index (χ2v) is 7.00. The smallest absolute Gasteiger partial charge is 0.276 e. The van der Waals surface area contributed by atoms with Crippen LogP contribution in [0.3, 0.4) is 0 Å². The van der Waals surface area contributed by atoms with Gasteiger partial charge in [0.15, 0.2) is 6.61 Å². The first-order valence-corrected chi connectivity index (χ1v) is 8.55. The molecule has 0 spiro atoms. The fourth-order valence-electron chi connectivity index (χ4n) is 3.84. The second-order valence-electron chi connectivity index (χ2n) is 6.59. The van der Waals surface area contributed by atoms with E-state index in [1.54, 1.807) is 18.2 Å². The van der Waals surface area contributed by atoms with Gasteiger partial charge >= 0.3 is 0 Å². The number of carbonyl (C=O) groups excluding carboxylic acids is 3. The predicted octanol–water partition coefficient (Wildman–Crippen LogP) is 1.22. The highest BCUT2D eigenvalue weighted by atomic mass is 35.5. The number of hydrogen-bond acceptors (Lipinski definition) is 5. The Morgan fingerprint density at radius 3 is 2.52 bits per heavy atom. The molecule has 8 heteroatoms. The molecule has 3 aliphatic rings. The first-order valence-electron chi connectivity index (χ1n) is 8.17. The number of amides is 3. The SMILES string of the molecule is Cc1cc(OCC(=O)NN2C(=O)[C@@H]3[C@@H](C2=O)[C@H]2CC[C@@H]3O2)ccc1Cl. The van der Waals surface area contributed by atoms with E-state index in [1.807, 2.05) is 6.92 Å². The third kappa shape index (κ3) is 2.67. The maximum atomic E-state index is 12.4. The monoisotopic (exact) mass is 364 g/mol. The van der Waals surface area contributed by atoms with Crippen molar-refractivity contribution in [3.05, 3.63) is 28.8 Å². The van der Waals surface area contributed by atoms with E-state index in [1.165, 1.54) is 0 Å². The largest absolute Gasteiger partial charge is 0.484 e. The number of carbonyl (C=O) groups is 3. The molecule has 4 atom stereocenters. The number of hydrogen-bond donors (Lipinski definition) is 1. The molecule has 4 rings (SSSR count). The number of halogens is 1. The highest BCUT2D eigenvalue weighted by Crippen LogP contribution is 2.47. The van der Waals surface area contributed by atoms with Crippen LogP contribution in [-0.4, -0.2) is 41.5 Å². The van der Waals surface area contributed by atoms with E-state index in [2.05, 4.69) is 5.43 Å². The Kier molecular flexibility index (Phi) is 3.92. The topological polar surface area (TPSA) is 84.9 Å². The van der Waals surface area contributed by atoms with Crippen LogP contribution in [0.5, 0.6) is 5.75 Å². The number of ether oxygens (including phenoxy) is 2. The number of imide groups is 1. The van der Waals surface area contributed by atoms with Gasteiger partial charge in [0.1, 0.15) is 5.75 Å². The molecule has 3 fully saturated rings. The van der Waals surface area contributed by atoms with Gasteiger partial charge < -0.3 is 9.47 Å². The predicted molar refractivity (Wildman–Crippen MR) is 86.6 cm³/mol. The minimum atomic E-state index is -0.567. The lowest BCUT2D eigenvalue weighted by atomic mass is 9.81. The Hall–Kier alpha value is -2.12. The summed E-state index contributed by atoms with van der Waals surface area (Å²) in [5.41, 5.74) is 3.19. The van der Waals surface area contributed by atoms with Crippen LogP contribution in [0.15, 0.2) is 18.2 Å². The molecule has 1 aromatic carbocycles. The van der Waals surface area contributed by atoms with Crippen LogP contribution in [0, 0.1) is 18.8 Å². The average Bonchev–Trinajstić information content (AvgIpc) is 3.26. The van der Waals surface area contributed by atoms with Crippen molar-refractivity contribution in [3.8, 4) is 5.75 Å². The summed E-state index contributed by atoms with van der Waals surface area (Å²) in [7, 11) is 0. The Morgan fingerprint density at radius 1 is 1.28 bits per heavy atom. The molecule has 1 N–H and O–H groups in total. The van der Waals surface area contributed by atoms with Crippen LogP contribution < -0.4 is 10.2 Å². The molecule has 3 saturated heterocycles. The maximum Gasteiger partial charge on any atom is 0.276 e. The van der Waals surface area contributed by atoms with E-state index in [9.17, 15) is 14.4 Å². The van der Waals surface area contributed by atoms with E-state index < -0.39 is 29.6 Å². The molecule has 0 unspecified atom stereocenters. The Bertz CT molecular complexity index is 739. The van der Waals surface area contributed by atoms with Crippen molar-refractivity contribution in [1.29, 1.82) is 0 Å². The quantitative estimate of drug-likeness (QED) is 0.812. The van der Waals surface area contributed by atoms with Crippen molar-refractivity contribution in [2.45, 2.75) is 32.0 Å². The van der Waals surface area contributed by atoms with Crippen LogP contribution in [-0.2, 0) is 19.1 Å². The fourth-order valence-corrected chi connectivity index (χ4v) is 3.95. The fraction of sp³-hybridized carbons (Fsp3) is 0.471. The molecule has 0 radical (unpaired) electrons. The van der Waals surface area contributed by atoms with E-state index in [-0.39, 0.29) is 18.8 Å². The lowest BCUT2D eigenvalue weighted by Gasteiger charge is -2.18. The lowest BCUT2D eigenvalue weighted by Crippen LogP contribution is -2.49. The summed E-state index contributed by atoms with van der Waals surface area (Å²) in [6, 6.07) is 5.03. The summed E-state index contributed by atoms with van der Waals surface area (Å²) >= 11 is 5.94. The Morgan fingerprint density at radius 2 is 1.92 bits per heavy atom. The van der Waals surface area contributed by atoms with Gasteiger partial charge in [-0.2, -0.15) is 5.01 Å². The van der Waals surface area contributed by atoms with Gasteiger partial charge in [0.05, 0.1) is 24.0 Å². The second kappa shape index (κ2) is 6.00. The number of hydrazine groups is 1. The number of fused-ring (bicyclic) bond motifs is 5. The number of nitrogens with zero attached hydrogens (tertiary/aromatic N) is 1. The number of nitrogens with one attached hydrogen (secondary N) is 1. The van der Waals surface area contributed by atoms with Gasteiger partial charge in [0.25, 0.3) is 17.7 Å². The molecular weight excluding hydrogens is 348 g/mol. The Balaban J connectivity index is 1.37. The molecule has 7 nitrogen and oxygen atoms in total. The third-order valence-electron chi connectivity index (χ3n) is 5.02. The normalized spacial score (nSPS) is 29.9. The molecular formula is C17H17ClN2O5. The standard InChI is InChI=1S/C17H17ClN2O5/c1-8-6-9(2-3-10(8)18)24-7-13(21)19-20-16(22)14-11-4-5-12(25-11)15(14)17(20)23/h2-3,6,11-12,14-15H,4-5,7H2,1H3,(H,19,21)/t11-,12+,14-,15-/m0/s1. The molecule has 3 amide bonds. The third-order valence-corrected chi connectivity index (χ3v) is 5.44. The van der Waals surface area contributed by atoms with Crippen LogP contribution in [0.2, 0.25) is 5.02 Å². The molecule has 2 bridgehead atoms. The average molecular weight is 365 g/mol. The summed E-state index contributed by atoms with van der Waals surface area (Å²) in [5, 5.41) is 1.44. The van der Waals surface area contributed by atoms with Crippen LogP contribution in [0.1, 0.15) is 18.4 Å². The molecule has 1 aromatic rings. The summed E-state index contributed by atoms with van der Waals surface area (Å²) in [4.78, 5) is 36.9. The van der Waals surface area contributed by atoms with Crippen LogP contribution >= 0.6 is 11.6 Å². The van der Waals surface area contributed by atoms with E-state index >= 15 is 0 Å². The van der Waals surface area contributed by atoms with Gasteiger partial charge in [-0.1, -0.05) is 11.6 Å². The molecule has 0 aliphatic carbocycles. The molecule has 0 aromatic heterocycles. The van der Waals surface area contributed by atoms with Crippen molar-refractivity contribution in [2.75, 3.05) is 6.61 Å². The van der Waals surface area contributed by atoms with E-state index in [0.717, 1.165) is 23.4 Å².